The van der Waals surface area contributed by atoms with E-state index < -0.39 is 0 Å². The summed E-state index contributed by atoms with van der Waals surface area (Å²) >= 11 is 0. The Balaban J connectivity index is 1.77. The van der Waals surface area contributed by atoms with Crippen molar-refractivity contribution in [3.63, 3.8) is 0 Å². The van der Waals surface area contributed by atoms with E-state index in [2.05, 4.69) is 30.4 Å². The Morgan fingerprint density at radius 2 is 2.00 bits per heavy atom. The summed E-state index contributed by atoms with van der Waals surface area (Å²) in [6, 6.07) is 11.3. The van der Waals surface area contributed by atoms with Crippen LogP contribution in [-0.2, 0) is 0 Å². The molecule has 1 fully saturated rings. The number of para-hydroxylation sites is 1. The molecule has 1 aliphatic rings. The highest BCUT2D eigenvalue weighted by Crippen LogP contribution is 2.26. The van der Waals surface area contributed by atoms with Crippen molar-refractivity contribution >= 4 is 11.0 Å². The molecule has 1 atom stereocenters. The minimum atomic E-state index is 0.311. The highest BCUT2D eigenvalue weighted by molar-refractivity contribution is 5.77. The third-order valence-corrected chi connectivity index (χ3v) is 3.71. The molecule has 2 heteroatoms. The van der Waals surface area contributed by atoms with Crippen LogP contribution in [0.25, 0.3) is 11.0 Å². The van der Waals surface area contributed by atoms with Crippen LogP contribution in [0.2, 0.25) is 0 Å². The van der Waals surface area contributed by atoms with Gasteiger partial charge in [0, 0.05) is 11.4 Å². The van der Waals surface area contributed by atoms with Gasteiger partial charge in [0.25, 0.3) is 0 Å². The Kier molecular flexibility index (Phi) is 2.89. The van der Waals surface area contributed by atoms with Gasteiger partial charge in [-0.3, -0.25) is 0 Å². The summed E-state index contributed by atoms with van der Waals surface area (Å²) in [6.45, 7) is 2.19. The quantitative estimate of drug-likeness (QED) is 0.859. The molecule has 90 valence electrons. The van der Waals surface area contributed by atoms with Gasteiger partial charge in [-0.15, -0.1) is 0 Å². The number of furan rings is 1. The minimum absolute atomic E-state index is 0.311. The topological polar surface area (TPSA) is 25.2 Å². The lowest BCUT2D eigenvalue weighted by molar-refractivity contribution is 0.401. The molecule has 2 aromatic rings. The smallest absolute Gasteiger partial charge is 0.134 e. The van der Waals surface area contributed by atoms with Crippen molar-refractivity contribution in [1.29, 1.82) is 0 Å². The standard InChI is InChI=1S/C15H19NO/c1-11(16-13-7-3-4-8-13)15-10-12-6-2-5-9-14(12)17-15/h2,5-6,9-11,13,16H,3-4,7-8H2,1H3. The van der Waals surface area contributed by atoms with Gasteiger partial charge in [0.15, 0.2) is 0 Å². The van der Waals surface area contributed by atoms with Crippen molar-refractivity contribution < 1.29 is 4.42 Å². The Hall–Kier alpha value is -1.28. The molecular formula is C15H19NO. The second-order valence-electron chi connectivity index (χ2n) is 5.06. The normalized spacial score (nSPS) is 18.9. The van der Waals surface area contributed by atoms with Crippen LogP contribution in [-0.4, -0.2) is 6.04 Å². The van der Waals surface area contributed by atoms with Crippen molar-refractivity contribution in [3.05, 3.63) is 36.1 Å². The van der Waals surface area contributed by atoms with Crippen LogP contribution in [0, 0.1) is 0 Å². The lowest BCUT2D eigenvalue weighted by Crippen LogP contribution is -2.28. The van der Waals surface area contributed by atoms with Gasteiger partial charge in [0.1, 0.15) is 11.3 Å². The maximum Gasteiger partial charge on any atom is 0.134 e. The van der Waals surface area contributed by atoms with Crippen LogP contribution in [0.15, 0.2) is 34.7 Å². The predicted molar refractivity (Wildman–Crippen MR) is 70.0 cm³/mol. The number of fused-ring (bicyclic) bond motifs is 1. The van der Waals surface area contributed by atoms with E-state index in [1.807, 2.05) is 12.1 Å². The van der Waals surface area contributed by atoms with Crippen molar-refractivity contribution in [3.8, 4) is 0 Å². The number of benzene rings is 1. The number of rotatable bonds is 3. The third kappa shape index (κ3) is 2.22. The molecule has 1 saturated carbocycles. The Labute approximate surface area is 102 Å². The fourth-order valence-electron chi connectivity index (χ4n) is 2.74. The summed E-state index contributed by atoms with van der Waals surface area (Å²) in [5, 5.41) is 4.86. The van der Waals surface area contributed by atoms with E-state index in [4.69, 9.17) is 4.42 Å². The van der Waals surface area contributed by atoms with Gasteiger partial charge in [0.2, 0.25) is 0 Å². The molecule has 0 radical (unpaired) electrons. The molecule has 0 aliphatic heterocycles. The summed E-state index contributed by atoms with van der Waals surface area (Å²) in [5.41, 5.74) is 0.988. The first-order chi connectivity index (χ1) is 8.33. The molecule has 0 saturated heterocycles. The summed E-state index contributed by atoms with van der Waals surface area (Å²) in [5.74, 6) is 1.05. The third-order valence-electron chi connectivity index (χ3n) is 3.71. The summed E-state index contributed by atoms with van der Waals surface area (Å²) in [4.78, 5) is 0. The van der Waals surface area contributed by atoms with Crippen molar-refractivity contribution in [2.24, 2.45) is 0 Å². The van der Waals surface area contributed by atoms with Gasteiger partial charge < -0.3 is 9.73 Å². The first-order valence-electron chi connectivity index (χ1n) is 6.57. The fraction of sp³-hybridized carbons (Fsp3) is 0.467. The van der Waals surface area contributed by atoms with Crippen molar-refractivity contribution in [2.75, 3.05) is 0 Å². The van der Waals surface area contributed by atoms with Gasteiger partial charge in [-0.25, -0.2) is 0 Å². The molecule has 0 spiro atoms. The van der Waals surface area contributed by atoms with E-state index in [0.29, 0.717) is 12.1 Å². The largest absolute Gasteiger partial charge is 0.459 e. The monoisotopic (exact) mass is 229 g/mol. The second kappa shape index (κ2) is 4.53. The highest BCUT2D eigenvalue weighted by atomic mass is 16.3. The fourth-order valence-corrected chi connectivity index (χ4v) is 2.74. The lowest BCUT2D eigenvalue weighted by Gasteiger charge is -2.16. The SMILES string of the molecule is CC(NC1CCCC1)c1cc2ccccc2o1. The van der Waals surface area contributed by atoms with E-state index in [9.17, 15) is 0 Å². The Morgan fingerprint density at radius 3 is 2.76 bits per heavy atom. The zero-order valence-electron chi connectivity index (χ0n) is 10.3. The van der Waals surface area contributed by atoms with Crippen LogP contribution in [0.3, 0.4) is 0 Å². The van der Waals surface area contributed by atoms with Crippen molar-refractivity contribution in [1.82, 2.24) is 5.32 Å². The molecule has 1 unspecified atom stereocenters. The van der Waals surface area contributed by atoms with Crippen LogP contribution in [0.1, 0.15) is 44.4 Å². The molecule has 0 bridgehead atoms. The average molecular weight is 229 g/mol. The molecule has 0 amide bonds. The average Bonchev–Trinajstić information content (AvgIpc) is 2.96. The summed E-state index contributed by atoms with van der Waals surface area (Å²) in [6.07, 6.45) is 5.35. The molecule has 1 aliphatic carbocycles. The van der Waals surface area contributed by atoms with E-state index in [0.717, 1.165) is 11.3 Å². The highest BCUT2D eigenvalue weighted by Gasteiger charge is 2.19. The maximum absolute atomic E-state index is 5.88. The maximum atomic E-state index is 5.88. The molecule has 1 N–H and O–H groups in total. The van der Waals surface area contributed by atoms with Gasteiger partial charge in [0.05, 0.1) is 6.04 Å². The van der Waals surface area contributed by atoms with E-state index in [1.165, 1.54) is 31.1 Å². The molecule has 17 heavy (non-hydrogen) atoms. The Morgan fingerprint density at radius 1 is 1.24 bits per heavy atom. The zero-order chi connectivity index (χ0) is 11.7. The van der Waals surface area contributed by atoms with Crippen LogP contribution < -0.4 is 5.32 Å². The summed E-state index contributed by atoms with van der Waals surface area (Å²) in [7, 11) is 0. The van der Waals surface area contributed by atoms with E-state index in [1.54, 1.807) is 0 Å². The second-order valence-corrected chi connectivity index (χ2v) is 5.06. The van der Waals surface area contributed by atoms with Gasteiger partial charge in [-0.05, 0) is 31.9 Å². The first-order valence-corrected chi connectivity index (χ1v) is 6.57. The first kappa shape index (κ1) is 10.8. The summed E-state index contributed by atoms with van der Waals surface area (Å²) < 4.78 is 5.88. The van der Waals surface area contributed by atoms with Crippen LogP contribution >= 0.6 is 0 Å². The lowest BCUT2D eigenvalue weighted by atomic mass is 10.1. The van der Waals surface area contributed by atoms with E-state index >= 15 is 0 Å². The molecule has 1 heterocycles. The predicted octanol–water partition coefficient (Wildman–Crippen LogP) is 4.03. The number of hydrogen-bond acceptors (Lipinski definition) is 2. The molecule has 1 aromatic heterocycles. The molecule has 2 nitrogen and oxygen atoms in total. The van der Waals surface area contributed by atoms with Crippen LogP contribution in [0.5, 0.6) is 0 Å². The van der Waals surface area contributed by atoms with Gasteiger partial charge in [-0.2, -0.15) is 0 Å². The zero-order valence-corrected chi connectivity index (χ0v) is 10.3. The number of hydrogen-bond donors (Lipinski definition) is 1. The molecule has 3 rings (SSSR count). The van der Waals surface area contributed by atoms with E-state index in [-0.39, 0.29) is 0 Å². The molecular weight excluding hydrogens is 210 g/mol. The minimum Gasteiger partial charge on any atom is -0.459 e. The van der Waals surface area contributed by atoms with Gasteiger partial charge in [-0.1, -0.05) is 31.0 Å². The van der Waals surface area contributed by atoms with Crippen LogP contribution in [0.4, 0.5) is 0 Å². The van der Waals surface area contributed by atoms with Crippen molar-refractivity contribution in [2.45, 2.75) is 44.7 Å². The molecule has 1 aromatic carbocycles. The number of nitrogens with one attached hydrogen (secondary N) is 1. The Bertz CT molecular complexity index is 463. The van der Waals surface area contributed by atoms with Gasteiger partial charge >= 0.3 is 0 Å².